The molecule has 4 nitrogen and oxygen atoms in total. The van der Waals surface area contributed by atoms with E-state index in [1.165, 1.54) is 5.56 Å². The molecule has 0 radical (unpaired) electrons. The van der Waals surface area contributed by atoms with Crippen LogP contribution >= 0.6 is 11.6 Å². The van der Waals surface area contributed by atoms with E-state index in [0.29, 0.717) is 0 Å². The molecule has 2 aromatic carbocycles. The van der Waals surface area contributed by atoms with E-state index in [0.717, 1.165) is 42.2 Å². The lowest BCUT2D eigenvalue weighted by Crippen LogP contribution is -2.36. The van der Waals surface area contributed by atoms with Gasteiger partial charge in [0.1, 0.15) is 0 Å². The molecule has 1 unspecified atom stereocenters. The Hall–Kier alpha value is -1.75. The van der Waals surface area contributed by atoms with Crippen molar-refractivity contribution >= 4 is 11.6 Å². The molecule has 0 fully saturated rings. The first-order valence-electron chi connectivity index (χ1n) is 7.37. The first kappa shape index (κ1) is 15.2. The Balaban J connectivity index is 1.64. The average molecular weight is 319 g/mol. The van der Waals surface area contributed by atoms with Crippen LogP contribution in [0.25, 0.3) is 0 Å². The molecule has 0 saturated carbocycles. The molecule has 0 bridgehead atoms. The van der Waals surface area contributed by atoms with Gasteiger partial charge in [0, 0.05) is 24.2 Å². The van der Waals surface area contributed by atoms with Crippen LogP contribution in [0, 0.1) is 0 Å². The van der Waals surface area contributed by atoms with Crippen LogP contribution in [0.3, 0.4) is 0 Å². The van der Waals surface area contributed by atoms with Gasteiger partial charge in [0.05, 0.1) is 0 Å². The summed E-state index contributed by atoms with van der Waals surface area (Å²) in [5.41, 5.74) is 3.31. The van der Waals surface area contributed by atoms with E-state index in [1.807, 2.05) is 24.3 Å². The van der Waals surface area contributed by atoms with Crippen LogP contribution < -0.4 is 10.6 Å². The predicted octanol–water partition coefficient (Wildman–Crippen LogP) is 2.73. The highest BCUT2D eigenvalue weighted by atomic mass is 35.5. The average Bonchev–Trinajstić information content (AvgIpc) is 2.51. The number of fused-ring (bicyclic) bond motifs is 1. The van der Waals surface area contributed by atoms with E-state index in [1.54, 1.807) is 12.1 Å². The van der Waals surface area contributed by atoms with Crippen molar-refractivity contribution in [2.45, 2.75) is 19.0 Å². The molecule has 5 heteroatoms. The minimum absolute atomic E-state index is 0.0477. The summed E-state index contributed by atoms with van der Waals surface area (Å²) >= 11 is 5.88. The van der Waals surface area contributed by atoms with Crippen LogP contribution in [0.2, 0.25) is 5.02 Å². The van der Waals surface area contributed by atoms with E-state index in [2.05, 4.69) is 10.6 Å². The van der Waals surface area contributed by atoms with Crippen molar-refractivity contribution in [3.8, 4) is 11.5 Å². The lowest BCUT2D eigenvalue weighted by molar-refractivity contribution is 0.397. The number of phenolic OH excluding ortho intramolecular Hbond substituents is 2. The predicted molar refractivity (Wildman–Crippen MR) is 87.4 cm³/mol. The first-order valence-corrected chi connectivity index (χ1v) is 7.74. The van der Waals surface area contributed by atoms with E-state index < -0.39 is 0 Å². The Morgan fingerprint density at radius 2 is 1.86 bits per heavy atom. The summed E-state index contributed by atoms with van der Waals surface area (Å²) in [7, 11) is 0. The van der Waals surface area contributed by atoms with Crippen LogP contribution in [0.4, 0.5) is 0 Å². The smallest absolute Gasteiger partial charge is 0.157 e. The van der Waals surface area contributed by atoms with Gasteiger partial charge in [0.25, 0.3) is 0 Å². The fourth-order valence-corrected chi connectivity index (χ4v) is 2.94. The summed E-state index contributed by atoms with van der Waals surface area (Å²) in [6.07, 6.45) is 0.858. The van der Waals surface area contributed by atoms with E-state index >= 15 is 0 Å². The molecular weight excluding hydrogens is 300 g/mol. The third-order valence-corrected chi connectivity index (χ3v) is 4.24. The number of hydrogen-bond donors (Lipinski definition) is 4. The molecule has 0 amide bonds. The molecular formula is C17H19ClN2O2. The molecule has 3 rings (SSSR count). The van der Waals surface area contributed by atoms with Crippen molar-refractivity contribution < 1.29 is 10.2 Å². The zero-order valence-corrected chi connectivity index (χ0v) is 12.9. The molecule has 0 saturated heterocycles. The quantitative estimate of drug-likeness (QED) is 0.655. The van der Waals surface area contributed by atoms with E-state index in [4.69, 9.17) is 11.6 Å². The van der Waals surface area contributed by atoms with Gasteiger partial charge in [-0.05, 0) is 53.9 Å². The summed E-state index contributed by atoms with van der Waals surface area (Å²) in [6, 6.07) is 11.2. The van der Waals surface area contributed by atoms with Gasteiger partial charge in [0.15, 0.2) is 11.5 Å². The van der Waals surface area contributed by atoms with Gasteiger partial charge in [-0.2, -0.15) is 0 Å². The fraction of sp³-hybridized carbons (Fsp3) is 0.294. The molecule has 0 aromatic heterocycles. The largest absolute Gasteiger partial charge is 0.504 e. The number of nitrogens with one attached hydrogen (secondary N) is 2. The van der Waals surface area contributed by atoms with Gasteiger partial charge in [-0.1, -0.05) is 23.7 Å². The zero-order valence-electron chi connectivity index (χ0n) is 12.1. The maximum Gasteiger partial charge on any atom is 0.157 e. The third kappa shape index (κ3) is 3.35. The van der Waals surface area contributed by atoms with Gasteiger partial charge in [-0.3, -0.25) is 0 Å². The molecule has 4 N–H and O–H groups in total. The molecule has 22 heavy (non-hydrogen) atoms. The monoisotopic (exact) mass is 318 g/mol. The number of aromatic hydroxyl groups is 2. The number of halogens is 1. The highest BCUT2D eigenvalue weighted by Crippen LogP contribution is 2.33. The van der Waals surface area contributed by atoms with Crippen molar-refractivity contribution in [2.24, 2.45) is 0 Å². The second-order valence-corrected chi connectivity index (χ2v) is 5.99. The normalized spacial score (nSPS) is 17.2. The van der Waals surface area contributed by atoms with Crippen LogP contribution in [0.1, 0.15) is 22.7 Å². The SMILES string of the molecule is Oc1cc2c(cc1O)C(CNCc1ccc(Cl)cc1)NCC2. The molecule has 2 aromatic rings. The molecule has 0 spiro atoms. The van der Waals surface area contributed by atoms with Gasteiger partial charge in [-0.25, -0.2) is 0 Å². The number of benzene rings is 2. The Bertz CT molecular complexity index is 658. The van der Waals surface area contributed by atoms with Gasteiger partial charge in [-0.15, -0.1) is 0 Å². The lowest BCUT2D eigenvalue weighted by Gasteiger charge is -2.27. The standard InChI is InChI=1S/C17H19ClN2O2/c18-13-3-1-11(2-4-13)9-19-10-15-14-8-17(22)16(21)7-12(14)5-6-20-15/h1-4,7-8,15,19-22H,5-6,9-10H2. The van der Waals surface area contributed by atoms with Crippen LogP contribution in [-0.2, 0) is 13.0 Å². The summed E-state index contributed by atoms with van der Waals surface area (Å²) in [4.78, 5) is 0. The van der Waals surface area contributed by atoms with Crippen molar-refractivity contribution in [2.75, 3.05) is 13.1 Å². The lowest BCUT2D eigenvalue weighted by atomic mass is 9.93. The van der Waals surface area contributed by atoms with Crippen molar-refractivity contribution in [1.29, 1.82) is 0 Å². The number of phenols is 2. The summed E-state index contributed by atoms with van der Waals surface area (Å²) < 4.78 is 0. The second-order valence-electron chi connectivity index (χ2n) is 5.55. The minimum Gasteiger partial charge on any atom is -0.504 e. The Kier molecular flexibility index (Phi) is 4.52. The highest BCUT2D eigenvalue weighted by Gasteiger charge is 2.21. The van der Waals surface area contributed by atoms with Gasteiger partial charge < -0.3 is 20.8 Å². The molecule has 1 aliphatic rings. The third-order valence-electron chi connectivity index (χ3n) is 3.99. The van der Waals surface area contributed by atoms with Crippen LogP contribution in [0.5, 0.6) is 11.5 Å². The van der Waals surface area contributed by atoms with E-state index in [9.17, 15) is 10.2 Å². The van der Waals surface area contributed by atoms with Crippen molar-refractivity contribution in [3.05, 3.63) is 58.1 Å². The summed E-state index contributed by atoms with van der Waals surface area (Å²) in [5.74, 6) is -0.112. The molecule has 1 atom stereocenters. The number of hydrogen-bond acceptors (Lipinski definition) is 4. The van der Waals surface area contributed by atoms with Crippen molar-refractivity contribution in [3.63, 3.8) is 0 Å². The first-order chi connectivity index (χ1) is 10.6. The summed E-state index contributed by atoms with van der Waals surface area (Å²) in [6.45, 7) is 2.37. The zero-order chi connectivity index (χ0) is 15.5. The fourth-order valence-electron chi connectivity index (χ4n) is 2.81. The minimum atomic E-state index is -0.0647. The van der Waals surface area contributed by atoms with Gasteiger partial charge in [0.2, 0.25) is 0 Å². The Morgan fingerprint density at radius 3 is 2.64 bits per heavy atom. The molecule has 1 heterocycles. The highest BCUT2D eigenvalue weighted by molar-refractivity contribution is 6.30. The maximum absolute atomic E-state index is 9.71. The maximum atomic E-state index is 9.71. The Labute approximate surface area is 134 Å². The molecule has 0 aliphatic carbocycles. The van der Waals surface area contributed by atoms with Crippen LogP contribution in [-0.4, -0.2) is 23.3 Å². The molecule has 1 aliphatic heterocycles. The van der Waals surface area contributed by atoms with Gasteiger partial charge >= 0.3 is 0 Å². The summed E-state index contributed by atoms with van der Waals surface area (Å²) in [5, 5.41) is 26.9. The Morgan fingerprint density at radius 1 is 1.14 bits per heavy atom. The second kappa shape index (κ2) is 6.57. The van der Waals surface area contributed by atoms with Crippen molar-refractivity contribution in [1.82, 2.24) is 10.6 Å². The topological polar surface area (TPSA) is 64.5 Å². The van der Waals surface area contributed by atoms with E-state index in [-0.39, 0.29) is 17.5 Å². The number of rotatable bonds is 4. The van der Waals surface area contributed by atoms with Crippen LogP contribution in [0.15, 0.2) is 36.4 Å². The molecule has 116 valence electrons.